The van der Waals surface area contributed by atoms with Crippen molar-refractivity contribution in [3.05, 3.63) is 81.7 Å². The van der Waals surface area contributed by atoms with Crippen LogP contribution in [0.5, 0.6) is 5.75 Å². The molecule has 1 aliphatic heterocycles. The Balaban J connectivity index is 1.43. The number of nitrogens with zero attached hydrogens (tertiary/aromatic N) is 3. The highest BCUT2D eigenvalue weighted by atomic mass is 32.1. The average Bonchev–Trinajstić information content (AvgIpc) is 3.37. The summed E-state index contributed by atoms with van der Waals surface area (Å²) in [5, 5.41) is 4.83. The molecule has 1 saturated heterocycles. The average molecular weight is 493 g/mol. The highest BCUT2D eigenvalue weighted by molar-refractivity contribution is 7.17. The maximum absolute atomic E-state index is 13.5. The van der Waals surface area contributed by atoms with Crippen LogP contribution in [0.2, 0.25) is 0 Å². The predicted molar refractivity (Wildman–Crippen MR) is 135 cm³/mol. The molecule has 35 heavy (non-hydrogen) atoms. The van der Waals surface area contributed by atoms with Crippen LogP contribution in [0.3, 0.4) is 0 Å². The van der Waals surface area contributed by atoms with Crippen LogP contribution < -0.4 is 20.5 Å². The van der Waals surface area contributed by atoms with E-state index in [1.165, 1.54) is 23.5 Å². The smallest absolute Gasteiger partial charge is 0.277 e. The molecule has 1 N–H and O–H groups in total. The van der Waals surface area contributed by atoms with Crippen molar-refractivity contribution in [2.75, 3.05) is 25.1 Å². The van der Waals surface area contributed by atoms with Crippen molar-refractivity contribution in [1.29, 1.82) is 0 Å². The monoisotopic (exact) mass is 492 g/mol. The van der Waals surface area contributed by atoms with Crippen LogP contribution in [0.4, 0.5) is 10.3 Å². The summed E-state index contributed by atoms with van der Waals surface area (Å²) in [7, 11) is 1.59. The Morgan fingerprint density at radius 3 is 2.86 bits per heavy atom. The number of thiophene rings is 1. The lowest BCUT2D eigenvalue weighted by Gasteiger charge is -2.34. The van der Waals surface area contributed by atoms with E-state index in [1.54, 1.807) is 23.8 Å². The fraction of sp³-hybridized carbons (Fsp3) is 0.269. The SMILES string of the molecule is COc1cccc(-n2c(N3CCCC(C(=O)NCc4ccc(F)cc4)C3)nc3ccsc3c2=O)c1. The summed E-state index contributed by atoms with van der Waals surface area (Å²) in [6.45, 7) is 1.47. The third-order valence-corrected chi connectivity index (χ3v) is 7.12. The van der Waals surface area contributed by atoms with Crippen molar-refractivity contribution in [3.8, 4) is 11.4 Å². The number of benzene rings is 2. The summed E-state index contributed by atoms with van der Waals surface area (Å²) in [5.41, 5.74) is 2.01. The molecule has 3 heterocycles. The van der Waals surface area contributed by atoms with Crippen LogP contribution in [0.1, 0.15) is 18.4 Å². The molecule has 0 bridgehead atoms. The van der Waals surface area contributed by atoms with Crippen molar-refractivity contribution in [2.24, 2.45) is 5.92 Å². The van der Waals surface area contributed by atoms with E-state index < -0.39 is 0 Å². The van der Waals surface area contributed by atoms with E-state index in [0.29, 0.717) is 47.2 Å². The van der Waals surface area contributed by atoms with Gasteiger partial charge in [-0.1, -0.05) is 18.2 Å². The molecule has 9 heteroatoms. The van der Waals surface area contributed by atoms with Gasteiger partial charge in [0.2, 0.25) is 11.9 Å². The summed E-state index contributed by atoms with van der Waals surface area (Å²) in [5.74, 6) is 0.539. The Hall–Kier alpha value is -3.72. The Labute approximate surface area is 205 Å². The van der Waals surface area contributed by atoms with Gasteiger partial charge in [-0.3, -0.25) is 9.59 Å². The quantitative estimate of drug-likeness (QED) is 0.438. The topological polar surface area (TPSA) is 76.5 Å². The molecule has 2 aromatic heterocycles. The standard InChI is InChI=1S/C26H25FN4O3S/c1-34-21-6-2-5-20(14-21)31-25(33)23-22(11-13-35-23)29-26(31)30-12-3-4-18(16-30)24(32)28-15-17-7-9-19(27)10-8-17/h2,5-11,13-14,18H,3-4,12,15-16H2,1H3,(H,28,32). The molecule has 4 aromatic rings. The Kier molecular flexibility index (Phi) is 6.50. The molecule has 0 saturated carbocycles. The van der Waals surface area contributed by atoms with Crippen molar-refractivity contribution in [1.82, 2.24) is 14.9 Å². The summed E-state index contributed by atoms with van der Waals surface area (Å²) in [4.78, 5) is 33.3. The normalized spacial score (nSPS) is 15.8. The molecular formula is C26H25FN4O3S. The molecule has 0 aliphatic carbocycles. The largest absolute Gasteiger partial charge is 0.497 e. The lowest BCUT2D eigenvalue weighted by molar-refractivity contribution is -0.125. The van der Waals surface area contributed by atoms with Crippen LogP contribution >= 0.6 is 11.3 Å². The second-order valence-electron chi connectivity index (χ2n) is 8.52. The van der Waals surface area contributed by atoms with Crippen LogP contribution in [0.15, 0.2) is 64.8 Å². The predicted octanol–water partition coefficient (Wildman–Crippen LogP) is 4.13. The van der Waals surface area contributed by atoms with Crippen molar-refractivity contribution in [3.63, 3.8) is 0 Å². The first-order valence-electron chi connectivity index (χ1n) is 11.5. The second-order valence-corrected chi connectivity index (χ2v) is 9.43. The number of amides is 1. The molecule has 0 spiro atoms. The number of hydrogen-bond donors (Lipinski definition) is 1. The molecule has 5 rings (SSSR count). The first kappa shape index (κ1) is 23.0. The first-order chi connectivity index (χ1) is 17.0. The van der Waals surface area contributed by atoms with Gasteiger partial charge in [0.1, 0.15) is 16.3 Å². The van der Waals surface area contributed by atoms with Gasteiger partial charge in [-0.15, -0.1) is 11.3 Å². The van der Waals surface area contributed by atoms with E-state index in [9.17, 15) is 14.0 Å². The molecule has 0 radical (unpaired) electrons. The van der Waals surface area contributed by atoms with Gasteiger partial charge in [0, 0.05) is 25.7 Å². The van der Waals surface area contributed by atoms with Crippen molar-refractivity contribution < 1.29 is 13.9 Å². The number of nitrogens with one attached hydrogen (secondary N) is 1. The number of carbonyl (C=O) groups excluding carboxylic acids is 1. The number of methoxy groups -OCH3 is 1. The van der Waals surface area contributed by atoms with Gasteiger partial charge in [0.05, 0.1) is 24.2 Å². The van der Waals surface area contributed by atoms with Crippen molar-refractivity contribution in [2.45, 2.75) is 19.4 Å². The fourth-order valence-electron chi connectivity index (χ4n) is 4.40. The van der Waals surface area contributed by atoms with E-state index in [4.69, 9.17) is 9.72 Å². The molecule has 1 aliphatic rings. The number of carbonyl (C=O) groups is 1. The van der Waals surface area contributed by atoms with E-state index in [2.05, 4.69) is 5.32 Å². The van der Waals surface area contributed by atoms with Crippen molar-refractivity contribution >= 4 is 33.4 Å². The number of hydrogen-bond acceptors (Lipinski definition) is 6. The second kappa shape index (κ2) is 9.87. The number of halogens is 1. The first-order valence-corrected chi connectivity index (χ1v) is 12.3. The molecule has 2 aromatic carbocycles. The molecule has 7 nitrogen and oxygen atoms in total. The lowest BCUT2D eigenvalue weighted by atomic mass is 9.97. The fourth-order valence-corrected chi connectivity index (χ4v) is 5.16. The van der Waals surface area contributed by atoms with Gasteiger partial charge in [0.15, 0.2) is 0 Å². The highest BCUT2D eigenvalue weighted by Crippen LogP contribution is 2.27. The number of rotatable bonds is 6. The molecule has 180 valence electrons. The molecular weight excluding hydrogens is 467 g/mol. The van der Waals surface area contributed by atoms with Crippen LogP contribution in [0.25, 0.3) is 15.9 Å². The zero-order valence-corrected chi connectivity index (χ0v) is 20.1. The number of fused-ring (bicyclic) bond motifs is 1. The van der Waals surface area contributed by atoms with Gasteiger partial charge in [-0.25, -0.2) is 13.9 Å². The molecule has 1 unspecified atom stereocenters. The van der Waals surface area contributed by atoms with E-state index in [-0.39, 0.29) is 23.2 Å². The van der Waals surface area contributed by atoms with Gasteiger partial charge >= 0.3 is 0 Å². The third kappa shape index (κ3) is 4.77. The maximum atomic E-state index is 13.5. The van der Waals surface area contributed by atoms with Gasteiger partial charge in [-0.05, 0) is 54.1 Å². The van der Waals surface area contributed by atoms with E-state index in [1.807, 2.05) is 40.6 Å². The minimum atomic E-state index is -0.305. The maximum Gasteiger partial charge on any atom is 0.277 e. The van der Waals surface area contributed by atoms with Gasteiger partial charge in [0.25, 0.3) is 5.56 Å². The number of aromatic nitrogens is 2. The van der Waals surface area contributed by atoms with Crippen LogP contribution in [-0.2, 0) is 11.3 Å². The highest BCUT2D eigenvalue weighted by Gasteiger charge is 2.29. The number of anilines is 1. The summed E-state index contributed by atoms with van der Waals surface area (Å²) < 4.78 is 20.7. The minimum Gasteiger partial charge on any atom is -0.497 e. The third-order valence-electron chi connectivity index (χ3n) is 6.23. The van der Waals surface area contributed by atoms with Gasteiger partial charge in [-0.2, -0.15) is 0 Å². The van der Waals surface area contributed by atoms with Crippen LogP contribution in [-0.4, -0.2) is 35.7 Å². The molecule has 1 fully saturated rings. The molecule has 1 atom stereocenters. The van der Waals surface area contributed by atoms with Gasteiger partial charge < -0.3 is 15.0 Å². The Morgan fingerprint density at radius 2 is 2.06 bits per heavy atom. The Bertz CT molecular complexity index is 1420. The molecule has 1 amide bonds. The summed E-state index contributed by atoms with van der Waals surface area (Å²) >= 11 is 1.37. The zero-order valence-electron chi connectivity index (χ0n) is 19.2. The number of piperidine rings is 1. The zero-order chi connectivity index (χ0) is 24.4. The summed E-state index contributed by atoms with van der Waals surface area (Å²) in [6, 6.07) is 15.3. The van der Waals surface area contributed by atoms with Crippen LogP contribution in [0, 0.1) is 11.7 Å². The number of ether oxygens (including phenoxy) is 1. The van der Waals surface area contributed by atoms with E-state index in [0.717, 1.165) is 18.4 Å². The van der Waals surface area contributed by atoms with E-state index >= 15 is 0 Å². The summed E-state index contributed by atoms with van der Waals surface area (Å²) in [6.07, 6.45) is 1.54. The minimum absolute atomic E-state index is 0.0640. The lowest BCUT2D eigenvalue weighted by Crippen LogP contribution is -2.45. The Morgan fingerprint density at radius 1 is 1.23 bits per heavy atom.